The van der Waals surface area contributed by atoms with E-state index in [9.17, 15) is 20.0 Å². The third kappa shape index (κ3) is 3.11. The van der Waals surface area contributed by atoms with E-state index in [1.165, 1.54) is 10.9 Å². The van der Waals surface area contributed by atoms with Gasteiger partial charge in [-0.05, 0) is 33.6 Å². The number of aliphatic hydroxyl groups excluding tert-OH is 1. The summed E-state index contributed by atoms with van der Waals surface area (Å²) in [5.41, 5.74) is -1.14. The molecular weight excluding hydrogens is 288 g/mol. The number of likely N-dealkylation sites (tertiary alicyclic amines) is 1. The number of nitro groups is 1. The molecule has 1 saturated heterocycles. The first-order valence-electron chi connectivity index (χ1n) is 7.40. The molecule has 0 radical (unpaired) electrons. The Bertz CT molecular complexity index is 567. The van der Waals surface area contributed by atoms with Crippen molar-refractivity contribution < 1.29 is 14.8 Å². The van der Waals surface area contributed by atoms with Gasteiger partial charge in [0.15, 0.2) is 0 Å². The number of hydrogen-bond donors (Lipinski definition) is 1. The number of aromatic nitrogens is 2. The summed E-state index contributed by atoms with van der Waals surface area (Å²) in [6.45, 7) is 6.26. The first kappa shape index (κ1) is 16.4. The van der Waals surface area contributed by atoms with Crippen LogP contribution in [0.3, 0.4) is 0 Å². The van der Waals surface area contributed by atoms with Crippen molar-refractivity contribution in [3.63, 3.8) is 0 Å². The van der Waals surface area contributed by atoms with Gasteiger partial charge in [-0.2, -0.15) is 5.10 Å². The zero-order valence-corrected chi connectivity index (χ0v) is 13.1. The van der Waals surface area contributed by atoms with Crippen molar-refractivity contribution in [3.8, 4) is 0 Å². The number of aliphatic hydroxyl groups is 1. The molecule has 2 atom stereocenters. The van der Waals surface area contributed by atoms with E-state index in [1.54, 1.807) is 25.7 Å². The molecule has 2 rings (SSSR count). The van der Waals surface area contributed by atoms with Crippen LogP contribution in [0.25, 0.3) is 0 Å². The van der Waals surface area contributed by atoms with E-state index in [1.807, 2.05) is 0 Å². The van der Waals surface area contributed by atoms with Crippen molar-refractivity contribution in [1.82, 2.24) is 14.7 Å². The van der Waals surface area contributed by atoms with E-state index in [0.29, 0.717) is 13.1 Å². The van der Waals surface area contributed by atoms with E-state index in [2.05, 4.69) is 5.10 Å². The Balaban J connectivity index is 2.17. The predicted molar refractivity (Wildman–Crippen MR) is 79.2 cm³/mol. The average molecular weight is 310 g/mol. The smallest absolute Gasteiger partial charge is 0.307 e. The molecule has 1 aromatic rings. The van der Waals surface area contributed by atoms with E-state index in [0.717, 1.165) is 19.0 Å². The number of hydrogen-bond acceptors (Lipinski definition) is 5. The van der Waals surface area contributed by atoms with Crippen LogP contribution in [0, 0.1) is 16.0 Å². The van der Waals surface area contributed by atoms with Crippen LogP contribution in [0.4, 0.5) is 5.69 Å². The molecule has 0 bridgehead atoms. The molecule has 1 aliphatic rings. The summed E-state index contributed by atoms with van der Waals surface area (Å²) in [5.74, 6) is -0.0729. The molecule has 0 aromatic carbocycles. The third-order valence-corrected chi connectivity index (χ3v) is 4.30. The Labute approximate surface area is 128 Å². The normalized spacial score (nSPS) is 20.7. The second-order valence-corrected chi connectivity index (χ2v) is 6.35. The second-order valence-electron chi connectivity index (χ2n) is 6.35. The van der Waals surface area contributed by atoms with Gasteiger partial charge in [0.05, 0.1) is 11.0 Å². The maximum atomic E-state index is 12.8. The Hall–Kier alpha value is -1.96. The molecule has 1 aromatic heterocycles. The minimum absolute atomic E-state index is 0.0699. The van der Waals surface area contributed by atoms with Crippen LogP contribution in [-0.4, -0.2) is 49.8 Å². The molecule has 0 spiro atoms. The van der Waals surface area contributed by atoms with Crippen LogP contribution in [0.5, 0.6) is 0 Å². The largest absolute Gasteiger partial charge is 0.393 e. The molecule has 8 nitrogen and oxygen atoms in total. The summed E-state index contributed by atoms with van der Waals surface area (Å²) < 4.78 is 1.33. The van der Waals surface area contributed by atoms with E-state index < -0.39 is 16.6 Å². The van der Waals surface area contributed by atoms with Gasteiger partial charge in [0.1, 0.15) is 17.9 Å². The number of carbonyl (C=O) groups is 1. The van der Waals surface area contributed by atoms with Gasteiger partial charge in [-0.25, -0.2) is 0 Å². The third-order valence-electron chi connectivity index (χ3n) is 4.30. The van der Waals surface area contributed by atoms with Gasteiger partial charge in [-0.3, -0.25) is 19.6 Å². The summed E-state index contributed by atoms with van der Waals surface area (Å²) in [6, 6.07) is 0. The van der Waals surface area contributed by atoms with Crippen LogP contribution in [0.2, 0.25) is 0 Å². The fourth-order valence-electron chi connectivity index (χ4n) is 2.79. The second kappa shape index (κ2) is 6.04. The Morgan fingerprint density at radius 1 is 1.59 bits per heavy atom. The van der Waals surface area contributed by atoms with Crippen molar-refractivity contribution >= 4 is 11.6 Å². The molecule has 2 unspecified atom stereocenters. The zero-order chi connectivity index (χ0) is 16.5. The van der Waals surface area contributed by atoms with Crippen LogP contribution in [0.15, 0.2) is 12.4 Å². The van der Waals surface area contributed by atoms with Crippen molar-refractivity contribution in [2.75, 3.05) is 13.1 Å². The highest BCUT2D eigenvalue weighted by molar-refractivity contribution is 5.83. The quantitative estimate of drug-likeness (QED) is 0.664. The summed E-state index contributed by atoms with van der Waals surface area (Å²) in [5, 5.41) is 24.4. The van der Waals surface area contributed by atoms with E-state index in [-0.39, 0.29) is 17.5 Å². The molecule has 1 N–H and O–H groups in total. The van der Waals surface area contributed by atoms with E-state index in [4.69, 9.17) is 0 Å². The molecule has 22 heavy (non-hydrogen) atoms. The van der Waals surface area contributed by atoms with Gasteiger partial charge in [0.2, 0.25) is 5.91 Å². The Morgan fingerprint density at radius 3 is 2.82 bits per heavy atom. The molecule has 1 amide bonds. The summed E-state index contributed by atoms with van der Waals surface area (Å²) >= 11 is 0. The van der Waals surface area contributed by atoms with Gasteiger partial charge < -0.3 is 10.0 Å². The fourth-order valence-corrected chi connectivity index (χ4v) is 2.79. The molecule has 1 fully saturated rings. The van der Waals surface area contributed by atoms with Crippen molar-refractivity contribution in [2.45, 2.75) is 45.3 Å². The number of rotatable bonds is 4. The molecular formula is C14H22N4O4. The lowest BCUT2D eigenvalue weighted by Gasteiger charge is -2.38. The van der Waals surface area contributed by atoms with Crippen molar-refractivity contribution in [1.29, 1.82) is 0 Å². The minimum atomic E-state index is -1.01. The average Bonchev–Trinajstić information content (AvgIpc) is 2.97. The number of nitrogens with zero attached hydrogens (tertiary/aromatic N) is 4. The zero-order valence-electron chi connectivity index (χ0n) is 13.1. The molecule has 2 heterocycles. The monoisotopic (exact) mass is 310 g/mol. The molecule has 1 aliphatic heterocycles. The molecule has 122 valence electrons. The molecule has 0 aliphatic carbocycles. The SMILES string of the molecule is CC(O)C1CCCN(C(=O)C(C)(C)n2cc([N+](=O)[O-])cn2)C1. The predicted octanol–water partition coefficient (Wildman–Crippen LogP) is 1.15. The highest BCUT2D eigenvalue weighted by Gasteiger charge is 2.38. The maximum absolute atomic E-state index is 12.8. The molecule has 0 saturated carbocycles. The molecule has 8 heteroatoms. The lowest BCUT2D eigenvalue weighted by atomic mass is 9.92. The number of carbonyl (C=O) groups excluding carboxylic acids is 1. The maximum Gasteiger partial charge on any atom is 0.307 e. The minimum Gasteiger partial charge on any atom is -0.393 e. The van der Waals surface area contributed by atoms with Crippen LogP contribution in [-0.2, 0) is 10.3 Å². The van der Waals surface area contributed by atoms with Crippen LogP contribution >= 0.6 is 0 Å². The summed E-state index contributed by atoms with van der Waals surface area (Å²) in [6.07, 6.45) is 3.70. The van der Waals surface area contributed by atoms with Gasteiger partial charge in [-0.15, -0.1) is 0 Å². The van der Waals surface area contributed by atoms with Crippen LogP contribution in [0.1, 0.15) is 33.6 Å². The fraction of sp³-hybridized carbons (Fsp3) is 0.714. The Morgan fingerprint density at radius 2 is 2.27 bits per heavy atom. The van der Waals surface area contributed by atoms with Gasteiger partial charge >= 0.3 is 5.69 Å². The summed E-state index contributed by atoms with van der Waals surface area (Å²) in [7, 11) is 0. The van der Waals surface area contributed by atoms with Gasteiger partial charge in [-0.1, -0.05) is 0 Å². The summed E-state index contributed by atoms with van der Waals surface area (Å²) in [4.78, 5) is 24.7. The van der Waals surface area contributed by atoms with Crippen LogP contribution < -0.4 is 0 Å². The van der Waals surface area contributed by atoms with Gasteiger partial charge in [0, 0.05) is 19.0 Å². The number of amides is 1. The highest BCUT2D eigenvalue weighted by atomic mass is 16.6. The van der Waals surface area contributed by atoms with Crippen molar-refractivity contribution in [3.05, 3.63) is 22.5 Å². The van der Waals surface area contributed by atoms with Gasteiger partial charge in [0.25, 0.3) is 0 Å². The Kier molecular flexibility index (Phi) is 4.50. The lowest BCUT2D eigenvalue weighted by molar-refractivity contribution is -0.385. The first-order valence-corrected chi connectivity index (χ1v) is 7.40. The number of piperidine rings is 1. The highest BCUT2D eigenvalue weighted by Crippen LogP contribution is 2.26. The first-order chi connectivity index (χ1) is 10.2. The lowest BCUT2D eigenvalue weighted by Crippen LogP contribution is -2.51. The van der Waals surface area contributed by atoms with Crippen molar-refractivity contribution in [2.24, 2.45) is 5.92 Å². The standard InChI is InChI=1S/C14H22N4O4/c1-10(19)11-5-4-6-16(8-11)13(20)14(2,3)17-9-12(7-15-17)18(21)22/h7,9-11,19H,4-6,8H2,1-3H3. The van der Waals surface area contributed by atoms with E-state index >= 15 is 0 Å². The topological polar surface area (TPSA) is 102 Å².